The number of hydrogen-bond donors (Lipinski definition) is 0. The molecule has 1 unspecified atom stereocenters. The van der Waals surface area contributed by atoms with Crippen LogP contribution in [0.3, 0.4) is 0 Å². The molecule has 0 spiro atoms. The molecular formula is C12H17N3O3. The Morgan fingerprint density at radius 1 is 1.61 bits per heavy atom. The Morgan fingerprint density at radius 2 is 2.39 bits per heavy atom. The van der Waals surface area contributed by atoms with Gasteiger partial charge >= 0.3 is 5.97 Å². The fourth-order valence-electron chi connectivity index (χ4n) is 1.98. The third kappa shape index (κ3) is 2.43. The monoisotopic (exact) mass is 251 g/mol. The molecule has 2 heterocycles. The zero-order valence-corrected chi connectivity index (χ0v) is 10.8. The molecule has 1 saturated heterocycles. The summed E-state index contributed by atoms with van der Waals surface area (Å²) in [5.74, 6) is 0.809. The summed E-state index contributed by atoms with van der Waals surface area (Å²) in [5.41, 5.74) is 0.387. The van der Waals surface area contributed by atoms with Crippen LogP contribution in [0.2, 0.25) is 0 Å². The molecule has 1 aliphatic heterocycles. The van der Waals surface area contributed by atoms with Gasteiger partial charge in [0.2, 0.25) is 0 Å². The summed E-state index contributed by atoms with van der Waals surface area (Å²) in [4.78, 5) is 22.1. The largest absolute Gasteiger partial charge is 0.465 e. The van der Waals surface area contributed by atoms with E-state index in [0.717, 1.165) is 13.0 Å². The molecule has 1 fully saturated rings. The van der Waals surface area contributed by atoms with Gasteiger partial charge in [0.1, 0.15) is 17.2 Å². The van der Waals surface area contributed by atoms with Gasteiger partial charge in [-0.25, -0.2) is 14.8 Å². The van der Waals surface area contributed by atoms with Crippen molar-refractivity contribution in [1.82, 2.24) is 9.97 Å². The second kappa shape index (κ2) is 5.30. The second-order valence-electron chi connectivity index (χ2n) is 4.27. The number of rotatable bonds is 3. The minimum Gasteiger partial charge on any atom is -0.465 e. The number of esters is 1. The number of likely N-dealkylation sites (N-methyl/N-ethyl adjacent to an activating group) is 1. The maximum Gasteiger partial charge on any atom is 0.343 e. The van der Waals surface area contributed by atoms with Crippen molar-refractivity contribution in [3.05, 3.63) is 17.6 Å². The van der Waals surface area contributed by atoms with Gasteiger partial charge in [0.05, 0.1) is 19.8 Å². The molecule has 0 N–H and O–H groups in total. The van der Waals surface area contributed by atoms with Gasteiger partial charge in [0, 0.05) is 19.9 Å². The Kier molecular flexibility index (Phi) is 3.76. The minimum atomic E-state index is -0.421. The van der Waals surface area contributed by atoms with Crippen molar-refractivity contribution >= 4 is 11.8 Å². The minimum absolute atomic E-state index is 0.239. The topological polar surface area (TPSA) is 64.5 Å². The van der Waals surface area contributed by atoms with E-state index in [2.05, 4.69) is 9.97 Å². The normalized spacial score (nSPS) is 18.7. The third-order valence-corrected chi connectivity index (χ3v) is 3.08. The summed E-state index contributed by atoms with van der Waals surface area (Å²) in [6.07, 6.45) is 2.44. The zero-order chi connectivity index (χ0) is 13.1. The van der Waals surface area contributed by atoms with Crippen LogP contribution in [0.5, 0.6) is 0 Å². The van der Waals surface area contributed by atoms with Crippen LogP contribution in [0.15, 0.2) is 6.20 Å². The SMILES string of the molecule is COC(=O)c1cnc(C)nc1N(C)C1CCOC1. The Labute approximate surface area is 106 Å². The van der Waals surface area contributed by atoms with Gasteiger partial charge in [0.25, 0.3) is 0 Å². The smallest absolute Gasteiger partial charge is 0.343 e. The molecular weight excluding hydrogens is 234 g/mol. The Hall–Kier alpha value is -1.69. The van der Waals surface area contributed by atoms with E-state index in [-0.39, 0.29) is 6.04 Å². The van der Waals surface area contributed by atoms with Crippen molar-refractivity contribution < 1.29 is 14.3 Å². The average molecular weight is 251 g/mol. The number of aromatic nitrogens is 2. The Balaban J connectivity index is 2.34. The highest BCUT2D eigenvalue weighted by Crippen LogP contribution is 2.22. The van der Waals surface area contributed by atoms with Gasteiger partial charge in [-0.3, -0.25) is 0 Å². The molecule has 0 radical (unpaired) electrons. The van der Waals surface area contributed by atoms with Gasteiger partial charge in [-0.05, 0) is 13.3 Å². The van der Waals surface area contributed by atoms with E-state index < -0.39 is 5.97 Å². The number of hydrogen-bond acceptors (Lipinski definition) is 6. The van der Waals surface area contributed by atoms with E-state index in [9.17, 15) is 4.79 Å². The van der Waals surface area contributed by atoms with Crippen molar-refractivity contribution in [3.63, 3.8) is 0 Å². The van der Waals surface area contributed by atoms with Crippen molar-refractivity contribution in [2.75, 3.05) is 32.3 Å². The van der Waals surface area contributed by atoms with Crippen LogP contribution in [0, 0.1) is 6.92 Å². The number of carbonyl (C=O) groups excluding carboxylic acids is 1. The predicted octanol–water partition coefficient (Wildman–Crippen LogP) is 0.797. The molecule has 1 aromatic rings. The average Bonchev–Trinajstić information content (AvgIpc) is 2.90. The molecule has 0 saturated carbocycles. The van der Waals surface area contributed by atoms with Crippen molar-refractivity contribution in [3.8, 4) is 0 Å². The first-order valence-electron chi connectivity index (χ1n) is 5.86. The summed E-state index contributed by atoms with van der Waals surface area (Å²) >= 11 is 0. The maximum atomic E-state index is 11.7. The standard InChI is InChI=1S/C12H17N3O3/c1-8-13-6-10(12(16)17-3)11(14-8)15(2)9-4-5-18-7-9/h6,9H,4-5,7H2,1-3H3. The fraction of sp³-hybridized carbons (Fsp3) is 0.583. The number of carbonyl (C=O) groups is 1. The van der Waals surface area contributed by atoms with Gasteiger partial charge in [-0.1, -0.05) is 0 Å². The number of nitrogens with zero attached hydrogens (tertiary/aromatic N) is 3. The van der Waals surface area contributed by atoms with E-state index in [4.69, 9.17) is 9.47 Å². The maximum absolute atomic E-state index is 11.7. The van der Waals surface area contributed by atoms with Gasteiger partial charge in [-0.2, -0.15) is 0 Å². The summed E-state index contributed by atoms with van der Waals surface area (Å²) in [6.45, 7) is 3.19. The summed E-state index contributed by atoms with van der Waals surface area (Å²) in [6, 6.07) is 0.239. The fourth-order valence-corrected chi connectivity index (χ4v) is 1.98. The first kappa shape index (κ1) is 12.8. The van der Waals surface area contributed by atoms with E-state index >= 15 is 0 Å². The lowest BCUT2D eigenvalue weighted by atomic mass is 10.2. The van der Waals surface area contributed by atoms with Crippen LogP contribution in [0.1, 0.15) is 22.6 Å². The molecule has 6 heteroatoms. The number of ether oxygens (including phenoxy) is 2. The molecule has 1 aliphatic rings. The second-order valence-corrected chi connectivity index (χ2v) is 4.27. The summed E-state index contributed by atoms with van der Waals surface area (Å²) in [7, 11) is 3.26. The van der Waals surface area contributed by atoms with Gasteiger partial charge < -0.3 is 14.4 Å². The van der Waals surface area contributed by atoms with Gasteiger partial charge in [0.15, 0.2) is 0 Å². The molecule has 0 amide bonds. The summed E-state index contributed by atoms with van der Waals surface area (Å²) in [5, 5.41) is 0. The van der Waals surface area contributed by atoms with Crippen LogP contribution in [-0.4, -0.2) is 49.4 Å². The van der Waals surface area contributed by atoms with Gasteiger partial charge in [-0.15, -0.1) is 0 Å². The number of aryl methyl sites for hydroxylation is 1. The van der Waals surface area contributed by atoms with Crippen molar-refractivity contribution in [2.45, 2.75) is 19.4 Å². The molecule has 0 aromatic carbocycles. The molecule has 6 nitrogen and oxygen atoms in total. The van der Waals surface area contributed by atoms with Crippen LogP contribution in [0.25, 0.3) is 0 Å². The molecule has 18 heavy (non-hydrogen) atoms. The molecule has 0 aliphatic carbocycles. The lowest BCUT2D eigenvalue weighted by Gasteiger charge is -2.25. The van der Waals surface area contributed by atoms with E-state index in [1.165, 1.54) is 13.3 Å². The van der Waals surface area contributed by atoms with Crippen LogP contribution >= 0.6 is 0 Å². The quantitative estimate of drug-likeness (QED) is 0.740. The number of methoxy groups -OCH3 is 1. The predicted molar refractivity (Wildman–Crippen MR) is 65.7 cm³/mol. The number of anilines is 1. The lowest BCUT2D eigenvalue weighted by molar-refractivity contribution is 0.0600. The highest BCUT2D eigenvalue weighted by Gasteiger charge is 2.25. The molecule has 0 bridgehead atoms. The molecule has 1 atom stereocenters. The summed E-state index contributed by atoms with van der Waals surface area (Å²) < 4.78 is 10.1. The van der Waals surface area contributed by atoms with Crippen LogP contribution < -0.4 is 4.90 Å². The Bertz CT molecular complexity index is 444. The van der Waals surface area contributed by atoms with E-state index in [0.29, 0.717) is 23.8 Å². The van der Waals surface area contributed by atoms with Crippen LogP contribution in [-0.2, 0) is 9.47 Å². The lowest BCUT2D eigenvalue weighted by Crippen LogP contribution is -2.34. The third-order valence-electron chi connectivity index (χ3n) is 3.08. The highest BCUT2D eigenvalue weighted by atomic mass is 16.5. The van der Waals surface area contributed by atoms with Crippen molar-refractivity contribution in [1.29, 1.82) is 0 Å². The molecule has 98 valence electrons. The van der Waals surface area contributed by atoms with E-state index in [1.807, 2.05) is 11.9 Å². The highest BCUT2D eigenvalue weighted by molar-refractivity contribution is 5.94. The first-order valence-corrected chi connectivity index (χ1v) is 5.86. The first-order chi connectivity index (χ1) is 8.63. The van der Waals surface area contributed by atoms with Crippen LogP contribution in [0.4, 0.5) is 5.82 Å². The van der Waals surface area contributed by atoms with E-state index in [1.54, 1.807) is 6.92 Å². The Morgan fingerprint density at radius 3 is 3.00 bits per heavy atom. The van der Waals surface area contributed by atoms with Crippen molar-refractivity contribution in [2.24, 2.45) is 0 Å². The zero-order valence-electron chi connectivity index (χ0n) is 10.8. The molecule has 2 rings (SSSR count). The molecule has 1 aromatic heterocycles.